The molecule has 1 saturated heterocycles. The fraction of sp³-hybridized carbons (Fsp3) is 0.474. The van der Waals surface area contributed by atoms with Gasteiger partial charge >= 0.3 is 0 Å². The predicted molar refractivity (Wildman–Crippen MR) is 95.3 cm³/mol. The number of aromatic nitrogens is 1. The molecule has 0 atom stereocenters. The molecule has 1 aromatic carbocycles. The maximum absolute atomic E-state index is 12.6. The van der Waals surface area contributed by atoms with Crippen molar-refractivity contribution < 1.29 is 9.59 Å². The van der Waals surface area contributed by atoms with Gasteiger partial charge in [-0.05, 0) is 45.8 Å². The van der Waals surface area contributed by atoms with Crippen molar-refractivity contribution in [1.82, 2.24) is 14.8 Å². The monoisotopic (exact) mass is 327 g/mol. The second kappa shape index (κ2) is 7.18. The van der Waals surface area contributed by atoms with Crippen molar-refractivity contribution in [2.75, 3.05) is 26.2 Å². The highest BCUT2D eigenvalue weighted by Crippen LogP contribution is 2.25. The Hall–Kier alpha value is -2.14. The summed E-state index contributed by atoms with van der Waals surface area (Å²) in [6.07, 6.45) is 4.25. The van der Waals surface area contributed by atoms with E-state index in [1.807, 2.05) is 28.8 Å². The maximum Gasteiger partial charge on any atom is 0.292 e. The molecule has 0 aliphatic carbocycles. The van der Waals surface area contributed by atoms with Gasteiger partial charge in [-0.15, -0.1) is 0 Å². The molecule has 1 aromatic heterocycles. The standard InChI is InChI=1S/C19H25N3O2/c1-14(2)22-13-16(15-7-3-4-8-17(15)22)18(23)19(24)20-9-12-21-10-5-6-11-21/h3-4,7-8,13-14H,5-6,9-12H2,1-2H3,(H,20,24). The SMILES string of the molecule is CC(C)n1cc(C(=O)C(=O)NCCN2CCCC2)c2ccccc21. The van der Waals surface area contributed by atoms with E-state index < -0.39 is 11.7 Å². The lowest BCUT2D eigenvalue weighted by atomic mass is 10.1. The summed E-state index contributed by atoms with van der Waals surface area (Å²) in [5.74, 6) is -0.965. The van der Waals surface area contributed by atoms with Crippen molar-refractivity contribution in [3.05, 3.63) is 36.0 Å². The first-order valence-electron chi connectivity index (χ1n) is 8.72. The molecule has 2 heterocycles. The van der Waals surface area contributed by atoms with Crippen molar-refractivity contribution >= 4 is 22.6 Å². The minimum atomic E-state index is -0.513. The van der Waals surface area contributed by atoms with Gasteiger partial charge in [-0.2, -0.15) is 0 Å². The van der Waals surface area contributed by atoms with Crippen LogP contribution in [0.2, 0.25) is 0 Å². The van der Waals surface area contributed by atoms with E-state index in [4.69, 9.17) is 0 Å². The van der Waals surface area contributed by atoms with Crippen LogP contribution in [0.3, 0.4) is 0 Å². The first-order chi connectivity index (χ1) is 11.6. The molecule has 3 rings (SSSR count). The number of fused-ring (bicyclic) bond motifs is 1. The molecule has 1 aliphatic heterocycles. The number of ketones is 1. The second-order valence-electron chi connectivity index (χ2n) is 6.69. The van der Waals surface area contributed by atoms with E-state index in [1.54, 1.807) is 6.20 Å². The van der Waals surface area contributed by atoms with Gasteiger partial charge in [-0.25, -0.2) is 0 Å². The van der Waals surface area contributed by atoms with E-state index in [9.17, 15) is 9.59 Å². The van der Waals surface area contributed by atoms with Crippen LogP contribution in [0.5, 0.6) is 0 Å². The van der Waals surface area contributed by atoms with Gasteiger partial charge in [0.25, 0.3) is 11.7 Å². The molecule has 1 fully saturated rings. The van der Waals surface area contributed by atoms with Gasteiger partial charge in [0, 0.05) is 36.2 Å². The number of hydrogen-bond acceptors (Lipinski definition) is 3. The third-order valence-corrected chi connectivity index (χ3v) is 4.66. The third-order valence-electron chi connectivity index (χ3n) is 4.66. The Balaban J connectivity index is 1.72. The normalized spacial score (nSPS) is 15.3. The quantitative estimate of drug-likeness (QED) is 0.655. The largest absolute Gasteiger partial charge is 0.348 e. The number of rotatable bonds is 6. The molecule has 5 heteroatoms. The average Bonchev–Trinajstić information content (AvgIpc) is 3.21. The van der Waals surface area contributed by atoms with Gasteiger partial charge in [0.1, 0.15) is 0 Å². The Morgan fingerprint density at radius 2 is 1.88 bits per heavy atom. The summed E-state index contributed by atoms with van der Waals surface area (Å²) in [4.78, 5) is 27.1. The van der Waals surface area contributed by atoms with Gasteiger partial charge < -0.3 is 14.8 Å². The topological polar surface area (TPSA) is 54.3 Å². The Morgan fingerprint density at radius 1 is 1.17 bits per heavy atom. The number of para-hydroxylation sites is 1. The zero-order chi connectivity index (χ0) is 17.1. The van der Waals surface area contributed by atoms with E-state index >= 15 is 0 Å². The van der Waals surface area contributed by atoms with E-state index in [-0.39, 0.29) is 6.04 Å². The fourth-order valence-electron chi connectivity index (χ4n) is 3.35. The molecule has 0 unspecified atom stereocenters. The van der Waals surface area contributed by atoms with Crippen molar-refractivity contribution in [3.8, 4) is 0 Å². The summed E-state index contributed by atoms with van der Waals surface area (Å²) in [6, 6.07) is 7.96. The van der Waals surface area contributed by atoms with Gasteiger partial charge in [0.2, 0.25) is 0 Å². The number of nitrogens with one attached hydrogen (secondary N) is 1. The summed E-state index contributed by atoms with van der Waals surface area (Å²) in [6.45, 7) is 7.64. The minimum absolute atomic E-state index is 0.231. The van der Waals surface area contributed by atoms with Crippen LogP contribution in [0.4, 0.5) is 0 Å². The van der Waals surface area contributed by atoms with Crippen LogP contribution in [0.1, 0.15) is 43.1 Å². The molecule has 5 nitrogen and oxygen atoms in total. The number of carbonyl (C=O) groups is 2. The molecule has 1 aliphatic rings. The minimum Gasteiger partial charge on any atom is -0.348 e. The first-order valence-corrected chi connectivity index (χ1v) is 8.72. The van der Waals surface area contributed by atoms with E-state index in [2.05, 4.69) is 24.1 Å². The molecule has 1 N–H and O–H groups in total. The van der Waals surface area contributed by atoms with Crippen LogP contribution in [-0.2, 0) is 4.79 Å². The molecule has 0 bridgehead atoms. The lowest BCUT2D eigenvalue weighted by Crippen LogP contribution is -2.37. The fourth-order valence-corrected chi connectivity index (χ4v) is 3.35. The molecule has 0 radical (unpaired) electrons. The number of Topliss-reactive ketones (excluding diaryl/α,β-unsaturated/α-hetero) is 1. The van der Waals surface area contributed by atoms with Crippen molar-refractivity contribution in [1.29, 1.82) is 0 Å². The highest BCUT2D eigenvalue weighted by atomic mass is 16.2. The maximum atomic E-state index is 12.6. The number of carbonyl (C=O) groups excluding carboxylic acids is 2. The first kappa shape index (κ1) is 16.7. The van der Waals surface area contributed by atoms with Gasteiger partial charge in [-0.1, -0.05) is 18.2 Å². The molecule has 0 saturated carbocycles. The highest BCUT2D eigenvalue weighted by molar-refractivity contribution is 6.45. The third kappa shape index (κ3) is 3.36. The Bertz CT molecular complexity index is 742. The van der Waals surface area contributed by atoms with E-state index in [1.165, 1.54) is 12.8 Å². The summed E-state index contributed by atoms with van der Waals surface area (Å²) in [5, 5.41) is 3.61. The van der Waals surface area contributed by atoms with E-state index in [0.29, 0.717) is 12.1 Å². The van der Waals surface area contributed by atoms with Crippen LogP contribution in [-0.4, -0.2) is 47.3 Å². The Labute approximate surface area is 142 Å². The van der Waals surface area contributed by atoms with Crippen LogP contribution in [0, 0.1) is 0 Å². The van der Waals surface area contributed by atoms with Crippen LogP contribution < -0.4 is 5.32 Å². The second-order valence-corrected chi connectivity index (χ2v) is 6.69. The summed E-state index contributed by atoms with van der Waals surface area (Å²) in [7, 11) is 0. The Kier molecular flexibility index (Phi) is 5.00. The van der Waals surface area contributed by atoms with Gasteiger partial charge in [0.05, 0.1) is 5.56 Å². The molecular formula is C19H25N3O2. The molecule has 128 valence electrons. The van der Waals surface area contributed by atoms with Crippen LogP contribution in [0.15, 0.2) is 30.5 Å². The summed E-state index contributed by atoms with van der Waals surface area (Å²) in [5.41, 5.74) is 1.47. The summed E-state index contributed by atoms with van der Waals surface area (Å²) < 4.78 is 2.04. The van der Waals surface area contributed by atoms with Crippen molar-refractivity contribution in [2.45, 2.75) is 32.7 Å². The van der Waals surface area contributed by atoms with Crippen LogP contribution >= 0.6 is 0 Å². The van der Waals surface area contributed by atoms with Crippen molar-refractivity contribution in [3.63, 3.8) is 0 Å². The van der Waals surface area contributed by atoms with Crippen LogP contribution in [0.25, 0.3) is 10.9 Å². The summed E-state index contributed by atoms with van der Waals surface area (Å²) >= 11 is 0. The number of likely N-dealkylation sites (tertiary alicyclic amines) is 1. The predicted octanol–water partition coefficient (Wildman–Crippen LogP) is 2.62. The molecule has 0 spiro atoms. The highest BCUT2D eigenvalue weighted by Gasteiger charge is 2.22. The zero-order valence-corrected chi connectivity index (χ0v) is 14.4. The van der Waals surface area contributed by atoms with E-state index in [0.717, 1.165) is 30.5 Å². The molecular weight excluding hydrogens is 302 g/mol. The number of amides is 1. The molecule has 2 aromatic rings. The molecule has 24 heavy (non-hydrogen) atoms. The Morgan fingerprint density at radius 3 is 2.58 bits per heavy atom. The van der Waals surface area contributed by atoms with Gasteiger partial charge in [-0.3, -0.25) is 9.59 Å². The zero-order valence-electron chi connectivity index (χ0n) is 14.4. The lowest BCUT2D eigenvalue weighted by molar-refractivity contribution is -0.117. The lowest BCUT2D eigenvalue weighted by Gasteiger charge is -2.14. The van der Waals surface area contributed by atoms with Crippen molar-refractivity contribution in [2.24, 2.45) is 0 Å². The average molecular weight is 327 g/mol. The van der Waals surface area contributed by atoms with Gasteiger partial charge in [0.15, 0.2) is 0 Å². The molecule has 1 amide bonds. The number of nitrogens with zero attached hydrogens (tertiary/aromatic N) is 2. The number of hydrogen-bond donors (Lipinski definition) is 1. The number of benzene rings is 1. The smallest absolute Gasteiger partial charge is 0.292 e.